The number of ether oxygens (including phenoxy) is 1. The van der Waals surface area contributed by atoms with Crippen molar-refractivity contribution >= 4 is 11.6 Å². The maximum atomic E-state index is 13.6. The second-order valence-corrected chi connectivity index (χ2v) is 4.45. The maximum Gasteiger partial charge on any atom is 0.131 e. The Morgan fingerprint density at radius 1 is 1.47 bits per heavy atom. The van der Waals surface area contributed by atoms with E-state index in [0.29, 0.717) is 17.2 Å². The molecule has 1 unspecified atom stereocenters. The van der Waals surface area contributed by atoms with Crippen LogP contribution in [0.25, 0.3) is 0 Å². The molecular weight excluding hydrogens is 215 g/mol. The molecule has 82 valence electrons. The molecule has 1 saturated carbocycles. The standard InChI is InChI=1S/C12H14ClFO/c1-15-9-5-6-10(11(14)7-9)12(13)8-3-2-4-8/h5-8,12H,2-4H2,1H3. The van der Waals surface area contributed by atoms with Crippen LogP contribution < -0.4 is 4.74 Å². The van der Waals surface area contributed by atoms with Gasteiger partial charge in [0.2, 0.25) is 0 Å². The molecule has 2 rings (SSSR count). The van der Waals surface area contributed by atoms with Crippen LogP contribution in [-0.2, 0) is 0 Å². The van der Waals surface area contributed by atoms with Crippen molar-refractivity contribution in [1.29, 1.82) is 0 Å². The second kappa shape index (κ2) is 4.40. The summed E-state index contributed by atoms with van der Waals surface area (Å²) in [5.74, 6) is 0.713. The van der Waals surface area contributed by atoms with Crippen molar-refractivity contribution in [3.8, 4) is 5.75 Å². The summed E-state index contributed by atoms with van der Waals surface area (Å²) in [4.78, 5) is 0. The third kappa shape index (κ3) is 2.10. The molecule has 15 heavy (non-hydrogen) atoms. The van der Waals surface area contributed by atoms with E-state index < -0.39 is 0 Å². The Bertz CT molecular complexity index is 349. The molecule has 1 nitrogen and oxygen atoms in total. The third-order valence-corrected chi connectivity index (χ3v) is 3.66. The number of benzene rings is 1. The lowest BCUT2D eigenvalue weighted by Gasteiger charge is -2.30. The van der Waals surface area contributed by atoms with E-state index in [-0.39, 0.29) is 11.2 Å². The number of methoxy groups -OCH3 is 1. The van der Waals surface area contributed by atoms with Crippen LogP contribution in [-0.4, -0.2) is 7.11 Å². The summed E-state index contributed by atoms with van der Waals surface area (Å²) in [5.41, 5.74) is 0.599. The first kappa shape index (κ1) is 10.7. The molecule has 0 bridgehead atoms. The van der Waals surface area contributed by atoms with E-state index in [1.165, 1.54) is 19.6 Å². The van der Waals surface area contributed by atoms with Crippen molar-refractivity contribution in [1.82, 2.24) is 0 Å². The van der Waals surface area contributed by atoms with E-state index in [9.17, 15) is 4.39 Å². The zero-order valence-electron chi connectivity index (χ0n) is 8.67. The Balaban J connectivity index is 2.19. The van der Waals surface area contributed by atoms with Crippen molar-refractivity contribution in [2.75, 3.05) is 7.11 Å². The van der Waals surface area contributed by atoms with Crippen LogP contribution in [0.1, 0.15) is 30.2 Å². The number of rotatable bonds is 3. The van der Waals surface area contributed by atoms with E-state index in [1.54, 1.807) is 12.1 Å². The van der Waals surface area contributed by atoms with Crippen LogP contribution in [0, 0.1) is 11.7 Å². The van der Waals surface area contributed by atoms with Crippen molar-refractivity contribution in [2.45, 2.75) is 24.6 Å². The highest BCUT2D eigenvalue weighted by Crippen LogP contribution is 2.42. The van der Waals surface area contributed by atoms with Gasteiger partial charge in [-0.15, -0.1) is 11.6 Å². The highest BCUT2D eigenvalue weighted by atomic mass is 35.5. The molecular formula is C12H14ClFO. The van der Waals surface area contributed by atoms with Gasteiger partial charge in [-0.1, -0.05) is 12.5 Å². The van der Waals surface area contributed by atoms with Gasteiger partial charge < -0.3 is 4.74 Å². The molecule has 1 aliphatic carbocycles. The topological polar surface area (TPSA) is 9.23 Å². The molecule has 0 N–H and O–H groups in total. The SMILES string of the molecule is COc1ccc(C(Cl)C2CCC2)c(F)c1. The third-order valence-electron chi connectivity index (χ3n) is 3.07. The largest absolute Gasteiger partial charge is 0.497 e. The highest BCUT2D eigenvalue weighted by Gasteiger charge is 2.28. The Morgan fingerprint density at radius 2 is 2.20 bits per heavy atom. The summed E-state index contributed by atoms with van der Waals surface area (Å²) in [6, 6.07) is 4.87. The number of halogens is 2. The molecule has 0 spiro atoms. The van der Waals surface area contributed by atoms with Crippen LogP contribution in [0.5, 0.6) is 5.75 Å². The molecule has 1 aromatic carbocycles. The molecule has 1 aliphatic rings. The lowest BCUT2D eigenvalue weighted by Crippen LogP contribution is -2.17. The molecule has 1 fully saturated rings. The minimum atomic E-state index is -0.263. The van der Waals surface area contributed by atoms with Crippen molar-refractivity contribution in [3.05, 3.63) is 29.6 Å². The summed E-state index contributed by atoms with van der Waals surface area (Å²) in [7, 11) is 1.53. The second-order valence-electron chi connectivity index (χ2n) is 3.98. The van der Waals surface area contributed by atoms with Crippen molar-refractivity contribution in [2.24, 2.45) is 5.92 Å². The minimum Gasteiger partial charge on any atom is -0.497 e. The summed E-state index contributed by atoms with van der Waals surface area (Å²) in [6.45, 7) is 0. The fourth-order valence-corrected chi connectivity index (χ4v) is 2.27. The fraction of sp³-hybridized carbons (Fsp3) is 0.500. The smallest absolute Gasteiger partial charge is 0.131 e. The number of hydrogen-bond acceptors (Lipinski definition) is 1. The maximum absolute atomic E-state index is 13.6. The lowest BCUT2D eigenvalue weighted by atomic mass is 9.80. The predicted molar refractivity (Wildman–Crippen MR) is 58.9 cm³/mol. The van der Waals surface area contributed by atoms with Gasteiger partial charge >= 0.3 is 0 Å². The van der Waals surface area contributed by atoms with Crippen molar-refractivity contribution < 1.29 is 9.13 Å². The Kier molecular flexibility index (Phi) is 3.15. The molecule has 3 heteroatoms. The fourth-order valence-electron chi connectivity index (χ4n) is 1.84. The van der Waals surface area contributed by atoms with Crippen LogP contribution >= 0.6 is 11.6 Å². The van der Waals surface area contributed by atoms with Crippen molar-refractivity contribution in [3.63, 3.8) is 0 Å². The summed E-state index contributed by atoms with van der Waals surface area (Å²) < 4.78 is 18.6. The zero-order chi connectivity index (χ0) is 10.8. The number of hydrogen-bond donors (Lipinski definition) is 0. The number of alkyl halides is 1. The average Bonchev–Trinajstić information content (AvgIpc) is 2.14. The van der Waals surface area contributed by atoms with E-state index in [1.807, 2.05) is 0 Å². The normalized spacial score (nSPS) is 18.3. The summed E-state index contributed by atoms with van der Waals surface area (Å²) in [5, 5.41) is -0.190. The molecule has 0 saturated heterocycles. The first-order valence-corrected chi connectivity index (χ1v) is 5.63. The molecule has 0 aromatic heterocycles. The minimum absolute atomic E-state index is 0.190. The van der Waals surface area contributed by atoms with Crippen LogP contribution in [0.2, 0.25) is 0 Å². The van der Waals surface area contributed by atoms with Crippen LogP contribution in [0.4, 0.5) is 4.39 Å². The Morgan fingerprint density at radius 3 is 2.67 bits per heavy atom. The average molecular weight is 229 g/mol. The molecule has 1 atom stereocenters. The van der Waals surface area contributed by atoms with Gasteiger partial charge in [-0.3, -0.25) is 0 Å². The van der Waals surface area contributed by atoms with Gasteiger partial charge in [0.1, 0.15) is 11.6 Å². The Labute approximate surface area is 94.2 Å². The first-order chi connectivity index (χ1) is 7.22. The van der Waals surface area contributed by atoms with Gasteiger partial charge in [0.15, 0.2) is 0 Å². The molecule has 0 heterocycles. The summed E-state index contributed by atoms with van der Waals surface area (Å²) >= 11 is 6.23. The molecule has 0 aliphatic heterocycles. The van der Waals surface area contributed by atoms with E-state index >= 15 is 0 Å². The highest BCUT2D eigenvalue weighted by molar-refractivity contribution is 6.21. The van der Waals surface area contributed by atoms with Gasteiger partial charge in [-0.25, -0.2) is 4.39 Å². The predicted octanol–water partition coefficient (Wildman–Crippen LogP) is 3.91. The van der Waals surface area contributed by atoms with Gasteiger partial charge in [-0.05, 0) is 24.8 Å². The van der Waals surface area contributed by atoms with Crippen LogP contribution in [0.15, 0.2) is 18.2 Å². The van der Waals surface area contributed by atoms with Gasteiger partial charge in [0, 0.05) is 11.6 Å². The molecule has 1 aromatic rings. The van der Waals surface area contributed by atoms with E-state index in [2.05, 4.69) is 0 Å². The van der Waals surface area contributed by atoms with E-state index in [0.717, 1.165) is 12.8 Å². The zero-order valence-corrected chi connectivity index (χ0v) is 9.43. The van der Waals surface area contributed by atoms with Gasteiger partial charge in [-0.2, -0.15) is 0 Å². The monoisotopic (exact) mass is 228 g/mol. The van der Waals surface area contributed by atoms with Crippen LogP contribution in [0.3, 0.4) is 0 Å². The van der Waals surface area contributed by atoms with Gasteiger partial charge in [0.25, 0.3) is 0 Å². The first-order valence-electron chi connectivity index (χ1n) is 5.20. The lowest BCUT2D eigenvalue weighted by molar-refractivity contribution is 0.302. The van der Waals surface area contributed by atoms with Gasteiger partial charge in [0.05, 0.1) is 12.5 Å². The quantitative estimate of drug-likeness (QED) is 0.713. The molecule has 0 amide bonds. The molecule has 0 radical (unpaired) electrons. The Hall–Kier alpha value is -0.760. The van der Waals surface area contributed by atoms with E-state index in [4.69, 9.17) is 16.3 Å². The summed E-state index contributed by atoms with van der Waals surface area (Å²) in [6.07, 6.45) is 3.44.